The van der Waals surface area contributed by atoms with Crippen LogP contribution in [-0.4, -0.2) is 50.9 Å². The number of rotatable bonds is 3. The molecule has 0 amide bonds. The van der Waals surface area contributed by atoms with Crippen LogP contribution in [0.3, 0.4) is 0 Å². The first-order chi connectivity index (χ1) is 13.2. The van der Waals surface area contributed by atoms with Crippen LogP contribution in [0.15, 0.2) is 18.2 Å². The first kappa shape index (κ1) is 17.9. The van der Waals surface area contributed by atoms with Crippen molar-refractivity contribution in [3.63, 3.8) is 0 Å². The Bertz CT molecular complexity index is 824. The molecule has 0 saturated heterocycles. The summed E-state index contributed by atoms with van der Waals surface area (Å²) in [6.07, 6.45) is 1.89. The highest BCUT2D eigenvalue weighted by Gasteiger charge is 2.24. The highest BCUT2D eigenvalue weighted by atomic mass is 16.5. The first-order valence-electron chi connectivity index (χ1n) is 9.49. The maximum atomic E-state index is 6.01. The fraction of sp³-hybridized carbons (Fsp3) is 0.500. The summed E-state index contributed by atoms with van der Waals surface area (Å²) in [6, 6.07) is 6.08. The molecule has 7 heteroatoms. The maximum Gasteiger partial charge on any atom is 0.227 e. The van der Waals surface area contributed by atoms with Crippen molar-refractivity contribution in [3.8, 4) is 11.5 Å². The van der Waals surface area contributed by atoms with Gasteiger partial charge < -0.3 is 24.6 Å². The third kappa shape index (κ3) is 3.51. The number of methoxy groups -OCH3 is 1. The van der Waals surface area contributed by atoms with Crippen molar-refractivity contribution in [2.75, 3.05) is 50.7 Å². The third-order valence-electron chi connectivity index (χ3n) is 5.06. The number of para-hydroxylation sites is 1. The molecule has 0 fully saturated rings. The van der Waals surface area contributed by atoms with Crippen LogP contribution in [0.4, 0.5) is 11.8 Å². The molecule has 144 valence electrons. The van der Waals surface area contributed by atoms with E-state index < -0.39 is 0 Å². The lowest BCUT2D eigenvalue weighted by Crippen LogP contribution is -2.33. The molecule has 0 aliphatic carbocycles. The van der Waals surface area contributed by atoms with Crippen LogP contribution >= 0.6 is 0 Å². The number of hydrogen-bond acceptors (Lipinski definition) is 7. The van der Waals surface area contributed by atoms with E-state index in [1.807, 2.05) is 31.1 Å². The Kier molecular flexibility index (Phi) is 5.03. The summed E-state index contributed by atoms with van der Waals surface area (Å²) in [5.74, 6) is 3.46. The molecular formula is C20H27N5O2. The smallest absolute Gasteiger partial charge is 0.227 e. The molecule has 0 bridgehead atoms. The number of hydrogen-bond donors (Lipinski definition) is 1. The normalized spacial score (nSPS) is 16.5. The topological polar surface area (TPSA) is 62.8 Å². The number of nitrogens with zero attached hydrogens (tertiary/aromatic N) is 4. The Morgan fingerprint density at radius 1 is 1.26 bits per heavy atom. The lowest BCUT2D eigenvalue weighted by Gasteiger charge is -2.32. The van der Waals surface area contributed by atoms with Crippen LogP contribution in [0.2, 0.25) is 0 Å². The molecule has 27 heavy (non-hydrogen) atoms. The second-order valence-electron chi connectivity index (χ2n) is 7.17. The fourth-order valence-electron chi connectivity index (χ4n) is 3.69. The predicted octanol–water partition coefficient (Wildman–Crippen LogP) is 1.99. The first-order valence-corrected chi connectivity index (χ1v) is 9.49. The molecule has 3 heterocycles. The van der Waals surface area contributed by atoms with Crippen LogP contribution in [0.5, 0.6) is 11.5 Å². The SMILES string of the molecule is COc1cccc2c1OCCCN(c1nc(N(C)C)nc3c1CCNC3)C2. The summed E-state index contributed by atoms with van der Waals surface area (Å²) in [5.41, 5.74) is 3.51. The minimum absolute atomic E-state index is 0.666. The van der Waals surface area contributed by atoms with Crippen molar-refractivity contribution < 1.29 is 9.47 Å². The lowest BCUT2D eigenvalue weighted by molar-refractivity contribution is 0.281. The summed E-state index contributed by atoms with van der Waals surface area (Å²) < 4.78 is 11.5. The molecule has 1 aromatic heterocycles. The second-order valence-corrected chi connectivity index (χ2v) is 7.17. The Hall–Kier alpha value is -2.54. The van der Waals surface area contributed by atoms with Crippen molar-refractivity contribution in [3.05, 3.63) is 35.0 Å². The molecule has 1 N–H and O–H groups in total. The standard InChI is InChI=1S/C20H27N5O2/c1-24(2)20-22-16-12-21-9-8-15(16)19(23-20)25-10-5-11-27-18-14(13-25)6-4-7-17(18)26-3/h4,6-7,21H,5,8-13H2,1-3H3. The molecule has 2 aliphatic heterocycles. The molecule has 2 aromatic rings. The summed E-state index contributed by atoms with van der Waals surface area (Å²) in [4.78, 5) is 14.1. The Morgan fingerprint density at radius 3 is 2.96 bits per heavy atom. The van der Waals surface area contributed by atoms with Gasteiger partial charge >= 0.3 is 0 Å². The van der Waals surface area contributed by atoms with Crippen molar-refractivity contribution in [2.24, 2.45) is 0 Å². The molecule has 0 saturated carbocycles. The van der Waals surface area contributed by atoms with Crippen molar-refractivity contribution in [1.82, 2.24) is 15.3 Å². The zero-order valence-electron chi connectivity index (χ0n) is 16.3. The zero-order valence-corrected chi connectivity index (χ0v) is 16.3. The van der Waals surface area contributed by atoms with Gasteiger partial charge in [-0.3, -0.25) is 0 Å². The number of nitrogens with one attached hydrogen (secondary N) is 1. The molecule has 0 unspecified atom stereocenters. The van der Waals surface area contributed by atoms with Gasteiger partial charge in [-0.2, -0.15) is 4.98 Å². The van der Waals surface area contributed by atoms with Crippen LogP contribution < -0.4 is 24.6 Å². The Balaban J connectivity index is 1.77. The monoisotopic (exact) mass is 369 g/mol. The minimum Gasteiger partial charge on any atom is -0.493 e. The van der Waals surface area contributed by atoms with Crippen LogP contribution in [-0.2, 0) is 19.5 Å². The molecule has 7 nitrogen and oxygen atoms in total. The van der Waals surface area contributed by atoms with E-state index in [1.54, 1.807) is 7.11 Å². The van der Waals surface area contributed by atoms with E-state index in [1.165, 1.54) is 5.56 Å². The molecule has 1 aromatic carbocycles. The van der Waals surface area contributed by atoms with E-state index in [0.717, 1.165) is 73.5 Å². The fourth-order valence-corrected chi connectivity index (χ4v) is 3.69. The zero-order chi connectivity index (χ0) is 18.8. The largest absolute Gasteiger partial charge is 0.493 e. The maximum absolute atomic E-state index is 6.01. The van der Waals surface area contributed by atoms with Gasteiger partial charge in [-0.1, -0.05) is 12.1 Å². The van der Waals surface area contributed by atoms with Crippen molar-refractivity contribution in [1.29, 1.82) is 0 Å². The summed E-state index contributed by atoms with van der Waals surface area (Å²) in [7, 11) is 5.67. The molecule has 4 rings (SSSR count). The summed E-state index contributed by atoms with van der Waals surface area (Å²) >= 11 is 0. The van der Waals surface area contributed by atoms with E-state index in [9.17, 15) is 0 Å². The van der Waals surface area contributed by atoms with Gasteiger partial charge in [0.2, 0.25) is 5.95 Å². The van der Waals surface area contributed by atoms with Gasteiger partial charge in [0.05, 0.1) is 19.4 Å². The quantitative estimate of drug-likeness (QED) is 0.888. The van der Waals surface area contributed by atoms with Crippen LogP contribution in [0.1, 0.15) is 23.2 Å². The molecular weight excluding hydrogens is 342 g/mol. The van der Waals surface area contributed by atoms with Crippen molar-refractivity contribution in [2.45, 2.75) is 25.9 Å². The van der Waals surface area contributed by atoms with E-state index in [-0.39, 0.29) is 0 Å². The number of ether oxygens (including phenoxy) is 2. The van der Waals surface area contributed by atoms with E-state index in [4.69, 9.17) is 19.4 Å². The molecule has 2 aliphatic rings. The van der Waals surface area contributed by atoms with Crippen LogP contribution in [0.25, 0.3) is 0 Å². The van der Waals surface area contributed by atoms with Gasteiger partial charge in [0, 0.05) is 44.9 Å². The van der Waals surface area contributed by atoms with Gasteiger partial charge in [-0.25, -0.2) is 4.98 Å². The van der Waals surface area contributed by atoms with Gasteiger partial charge in [0.15, 0.2) is 11.5 Å². The number of benzene rings is 1. The molecule has 0 spiro atoms. The Labute approximate surface area is 160 Å². The highest BCUT2D eigenvalue weighted by Crippen LogP contribution is 2.35. The summed E-state index contributed by atoms with van der Waals surface area (Å²) in [5, 5.41) is 3.43. The van der Waals surface area contributed by atoms with Crippen LogP contribution in [0, 0.1) is 0 Å². The number of anilines is 2. The van der Waals surface area contributed by atoms with Gasteiger partial charge in [-0.15, -0.1) is 0 Å². The number of aromatic nitrogens is 2. The number of fused-ring (bicyclic) bond motifs is 2. The van der Waals surface area contributed by atoms with Gasteiger partial charge in [-0.05, 0) is 25.5 Å². The average molecular weight is 369 g/mol. The van der Waals surface area contributed by atoms with E-state index in [2.05, 4.69) is 16.3 Å². The minimum atomic E-state index is 0.666. The Morgan fingerprint density at radius 2 is 2.15 bits per heavy atom. The molecule has 0 atom stereocenters. The van der Waals surface area contributed by atoms with Gasteiger partial charge in [0.1, 0.15) is 5.82 Å². The third-order valence-corrected chi connectivity index (χ3v) is 5.06. The second kappa shape index (κ2) is 7.60. The molecule has 0 radical (unpaired) electrons. The van der Waals surface area contributed by atoms with Crippen molar-refractivity contribution >= 4 is 11.8 Å². The average Bonchev–Trinajstić information content (AvgIpc) is 2.67. The van der Waals surface area contributed by atoms with E-state index in [0.29, 0.717) is 6.61 Å². The predicted molar refractivity (Wildman–Crippen MR) is 106 cm³/mol. The van der Waals surface area contributed by atoms with Gasteiger partial charge in [0.25, 0.3) is 0 Å². The highest BCUT2D eigenvalue weighted by molar-refractivity contribution is 5.56. The lowest BCUT2D eigenvalue weighted by atomic mass is 10.1. The summed E-state index contributed by atoms with van der Waals surface area (Å²) in [6.45, 7) is 4.08. The van der Waals surface area contributed by atoms with E-state index >= 15 is 0 Å².